The first-order valence-corrected chi connectivity index (χ1v) is 5.40. The molecular formula is C12H22O. The largest absolute Gasteiger partial charge is 0.513 e. The third-order valence-corrected chi connectivity index (χ3v) is 3.25. The minimum Gasteiger partial charge on any atom is -0.513 e. The summed E-state index contributed by atoms with van der Waals surface area (Å²) in [5, 5.41) is 9.61. The molecule has 0 radical (unpaired) electrons. The van der Waals surface area contributed by atoms with Crippen LogP contribution in [-0.2, 0) is 0 Å². The highest BCUT2D eigenvalue weighted by atomic mass is 16.3. The van der Waals surface area contributed by atoms with Gasteiger partial charge in [0.1, 0.15) is 0 Å². The summed E-state index contributed by atoms with van der Waals surface area (Å²) >= 11 is 0. The van der Waals surface area contributed by atoms with E-state index < -0.39 is 0 Å². The van der Waals surface area contributed by atoms with Crippen molar-refractivity contribution < 1.29 is 5.11 Å². The average Bonchev–Trinajstić information content (AvgIpc) is 2.03. The Bertz CT molecular complexity index is 191. The first-order valence-electron chi connectivity index (χ1n) is 5.40. The molecule has 0 aliphatic heterocycles. The molecule has 0 fully saturated rings. The molecule has 13 heavy (non-hydrogen) atoms. The maximum absolute atomic E-state index is 9.61. The van der Waals surface area contributed by atoms with Gasteiger partial charge in [-0.25, -0.2) is 0 Å². The molecule has 0 amide bonds. The Hall–Kier alpha value is -0.460. The smallest absolute Gasteiger partial charge is 0.0888 e. The summed E-state index contributed by atoms with van der Waals surface area (Å²) in [4.78, 5) is 0. The van der Waals surface area contributed by atoms with Crippen LogP contribution in [0.5, 0.6) is 0 Å². The zero-order valence-electron chi connectivity index (χ0n) is 9.25. The first-order chi connectivity index (χ1) is 6.00. The molecular weight excluding hydrogens is 160 g/mol. The molecule has 2 atom stereocenters. The molecule has 2 unspecified atom stereocenters. The zero-order chi connectivity index (χ0) is 10.0. The van der Waals surface area contributed by atoms with E-state index in [9.17, 15) is 5.11 Å². The number of allylic oxidation sites excluding steroid dienone is 2. The second-order valence-electron chi connectivity index (χ2n) is 5.01. The number of aliphatic hydroxyl groups excluding tert-OH is 1. The Morgan fingerprint density at radius 2 is 1.85 bits per heavy atom. The predicted molar refractivity (Wildman–Crippen MR) is 56.6 cm³/mol. The summed E-state index contributed by atoms with van der Waals surface area (Å²) in [5.41, 5.74) is 0. The average molecular weight is 182 g/mol. The summed E-state index contributed by atoms with van der Waals surface area (Å²) in [6.45, 7) is 8.97. The van der Waals surface area contributed by atoms with E-state index in [1.54, 1.807) is 0 Å². The molecule has 1 aliphatic rings. The van der Waals surface area contributed by atoms with Crippen LogP contribution in [-0.4, -0.2) is 5.11 Å². The second kappa shape index (κ2) is 4.17. The molecule has 0 spiro atoms. The highest BCUT2D eigenvalue weighted by Crippen LogP contribution is 2.35. The van der Waals surface area contributed by atoms with Gasteiger partial charge in [-0.15, -0.1) is 0 Å². The van der Waals surface area contributed by atoms with Crippen LogP contribution >= 0.6 is 0 Å². The Kier molecular flexibility index (Phi) is 3.40. The van der Waals surface area contributed by atoms with E-state index >= 15 is 0 Å². The summed E-state index contributed by atoms with van der Waals surface area (Å²) in [5.74, 6) is 3.22. The number of hydrogen-bond donors (Lipinski definition) is 1. The SMILES string of the molecule is CC(C)C1C=C(O)CC(C(C)C)C1. The van der Waals surface area contributed by atoms with Crippen molar-refractivity contribution >= 4 is 0 Å². The molecule has 1 nitrogen and oxygen atoms in total. The van der Waals surface area contributed by atoms with Crippen LogP contribution in [0, 0.1) is 23.7 Å². The van der Waals surface area contributed by atoms with Gasteiger partial charge in [0.2, 0.25) is 0 Å². The quantitative estimate of drug-likeness (QED) is 0.689. The van der Waals surface area contributed by atoms with Crippen molar-refractivity contribution in [2.45, 2.75) is 40.5 Å². The molecule has 1 aliphatic carbocycles. The van der Waals surface area contributed by atoms with Crippen LogP contribution < -0.4 is 0 Å². The second-order valence-corrected chi connectivity index (χ2v) is 5.01. The van der Waals surface area contributed by atoms with Gasteiger partial charge in [-0.2, -0.15) is 0 Å². The Morgan fingerprint density at radius 3 is 2.31 bits per heavy atom. The van der Waals surface area contributed by atoms with Crippen LogP contribution in [0.3, 0.4) is 0 Å². The summed E-state index contributed by atoms with van der Waals surface area (Å²) in [6.07, 6.45) is 4.20. The van der Waals surface area contributed by atoms with E-state index in [4.69, 9.17) is 0 Å². The molecule has 1 heteroatoms. The molecule has 0 aromatic rings. The molecule has 76 valence electrons. The van der Waals surface area contributed by atoms with E-state index in [2.05, 4.69) is 33.8 Å². The van der Waals surface area contributed by atoms with Crippen LogP contribution in [0.1, 0.15) is 40.5 Å². The van der Waals surface area contributed by atoms with Gasteiger partial charge in [-0.05, 0) is 36.2 Å². The molecule has 0 aromatic heterocycles. The third-order valence-electron chi connectivity index (χ3n) is 3.25. The Morgan fingerprint density at radius 1 is 1.23 bits per heavy atom. The zero-order valence-corrected chi connectivity index (χ0v) is 9.25. The van der Waals surface area contributed by atoms with Crippen molar-refractivity contribution in [2.24, 2.45) is 23.7 Å². The fourth-order valence-corrected chi connectivity index (χ4v) is 2.06. The Labute approximate surface area is 81.9 Å². The molecule has 1 rings (SSSR count). The summed E-state index contributed by atoms with van der Waals surface area (Å²) in [7, 11) is 0. The fraction of sp³-hybridized carbons (Fsp3) is 0.833. The van der Waals surface area contributed by atoms with E-state index in [0.29, 0.717) is 29.4 Å². The van der Waals surface area contributed by atoms with Crippen molar-refractivity contribution in [1.29, 1.82) is 0 Å². The first kappa shape index (κ1) is 10.6. The molecule has 0 saturated heterocycles. The monoisotopic (exact) mass is 182 g/mol. The maximum Gasteiger partial charge on any atom is 0.0888 e. The van der Waals surface area contributed by atoms with Crippen molar-refractivity contribution in [3.63, 3.8) is 0 Å². The van der Waals surface area contributed by atoms with E-state index in [-0.39, 0.29) is 0 Å². The van der Waals surface area contributed by atoms with Gasteiger partial charge in [0.25, 0.3) is 0 Å². The van der Waals surface area contributed by atoms with Crippen LogP contribution in [0.15, 0.2) is 11.8 Å². The lowest BCUT2D eigenvalue weighted by atomic mass is 9.75. The maximum atomic E-state index is 9.61. The normalized spacial score (nSPS) is 29.5. The molecule has 1 N–H and O–H groups in total. The highest BCUT2D eigenvalue weighted by Gasteiger charge is 2.25. The lowest BCUT2D eigenvalue weighted by Crippen LogP contribution is -2.21. The van der Waals surface area contributed by atoms with Crippen molar-refractivity contribution in [3.05, 3.63) is 11.8 Å². The minimum absolute atomic E-state index is 0.584. The topological polar surface area (TPSA) is 20.2 Å². The van der Waals surface area contributed by atoms with Crippen LogP contribution in [0.2, 0.25) is 0 Å². The van der Waals surface area contributed by atoms with Gasteiger partial charge in [0, 0.05) is 6.42 Å². The predicted octanol–water partition coefficient (Wildman–Crippen LogP) is 3.77. The van der Waals surface area contributed by atoms with Gasteiger partial charge in [-0.1, -0.05) is 27.7 Å². The fourth-order valence-electron chi connectivity index (χ4n) is 2.06. The van der Waals surface area contributed by atoms with E-state index in [0.717, 1.165) is 6.42 Å². The van der Waals surface area contributed by atoms with E-state index in [1.807, 2.05) is 0 Å². The third kappa shape index (κ3) is 2.75. The molecule has 0 saturated carbocycles. The van der Waals surface area contributed by atoms with Crippen LogP contribution in [0.25, 0.3) is 0 Å². The van der Waals surface area contributed by atoms with Gasteiger partial charge in [0.05, 0.1) is 5.76 Å². The van der Waals surface area contributed by atoms with Gasteiger partial charge in [-0.3, -0.25) is 0 Å². The van der Waals surface area contributed by atoms with Crippen LogP contribution in [0.4, 0.5) is 0 Å². The number of hydrogen-bond acceptors (Lipinski definition) is 1. The number of rotatable bonds is 2. The lowest BCUT2D eigenvalue weighted by molar-refractivity contribution is 0.220. The van der Waals surface area contributed by atoms with Crippen molar-refractivity contribution in [1.82, 2.24) is 0 Å². The minimum atomic E-state index is 0.584. The lowest BCUT2D eigenvalue weighted by Gasteiger charge is -2.31. The summed E-state index contributed by atoms with van der Waals surface area (Å²) in [6, 6.07) is 0. The van der Waals surface area contributed by atoms with Crippen molar-refractivity contribution in [3.8, 4) is 0 Å². The van der Waals surface area contributed by atoms with Gasteiger partial charge >= 0.3 is 0 Å². The molecule has 0 aromatic carbocycles. The highest BCUT2D eigenvalue weighted by molar-refractivity contribution is 5.03. The summed E-state index contributed by atoms with van der Waals surface area (Å²) < 4.78 is 0. The molecule has 0 bridgehead atoms. The Balaban J connectivity index is 2.66. The van der Waals surface area contributed by atoms with Gasteiger partial charge in [0.15, 0.2) is 0 Å². The van der Waals surface area contributed by atoms with E-state index in [1.165, 1.54) is 6.42 Å². The van der Waals surface area contributed by atoms with Gasteiger partial charge < -0.3 is 5.11 Å². The van der Waals surface area contributed by atoms with Crippen molar-refractivity contribution in [2.75, 3.05) is 0 Å². The molecule has 0 heterocycles. The standard InChI is InChI=1S/C12H22O/c1-8(2)10-5-11(9(3)4)7-12(13)6-10/h6,8-11,13H,5,7H2,1-4H3. The number of aliphatic hydroxyl groups is 1.